The van der Waals surface area contributed by atoms with Crippen LogP contribution < -0.4 is 20.1 Å². The molecule has 91 heavy (non-hydrogen) atoms. The Bertz CT molecular complexity index is 3500. The molecular weight excluding hydrogens is 1240 g/mol. The fraction of sp³-hybridized carbons (Fsp3) is 0.246. The third-order valence-corrected chi connectivity index (χ3v) is 15.8. The van der Waals surface area contributed by atoms with E-state index in [9.17, 15) is 55.4 Å². The summed E-state index contributed by atoms with van der Waals surface area (Å²) in [5, 5.41) is 21.0. The van der Waals surface area contributed by atoms with Crippen LogP contribution in [0.1, 0.15) is 63.3 Å². The van der Waals surface area contributed by atoms with E-state index in [1.165, 1.54) is 89.9 Å². The van der Waals surface area contributed by atoms with Crippen LogP contribution in [-0.4, -0.2) is 98.4 Å². The number of carbonyl (C=O) groups is 5. The Labute approximate surface area is 522 Å². The zero-order valence-corrected chi connectivity index (χ0v) is 51.0. The Kier molecular flexibility index (Phi) is 28.4. The number of phosphoric acid groups is 2. The number of rotatable bonds is 29. The van der Waals surface area contributed by atoms with E-state index >= 15 is 0 Å². The van der Waals surface area contributed by atoms with Gasteiger partial charge in [-0.1, -0.05) is 133 Å². The Morgan fingerprint density at radius 1 is 0.571 bits per heavy atom. The molecule has 5 N–H and O–H groups in total. The van der Waals surface area contributed by atoms with Gasteiger partial charge in [-0.15, -0.1) is 26.3 Å². The minimum atomic E-state index is -4.64. The van der Waals surface area contributed by atoms with Crippen molar-refractivity contribution in [2.75, 3.05) is 39.6 Å². The predicted molar refractivity (Wildman–Crippen MR) is 329 cm³/mol. The fourth-order valence-corrected chi connectivity index (χ4v) is 11.5. The van der Waals surface area contributed by atoms with Gasteiger partial charge in [-0.05, 0) is 86.3 Å². The van der Waals surface area contributed by atoms with Gasteiger partial charge in [0.25, 0.3) is 0 Å². The number of aldehydes is 1. The summed E-state index contributed by atoms with van der Waals surface area (Å²) in [6.07, 6.45) is -1.34. The van der Waals surface area contributed by atoms with Gasteiger partial charge < -0.3 is 39.8 Å². The van der Waals surface area contributed by atoms with Gasteiger partial charge in [-0.25, -0.2) is 27.5 Å². The first-order valence-corrected chi connectivity index (χ1v) is 30.5. The number of phosphoric ester groups is 2. The van der Waals surface area contributed by atoms with E-state index < -0.39 is 71.6 Å². The van der Waals surface area contributed by atoms with Crippen molar-refractivity contribution in [3.8, 4) is 33.8 Å². The standard InChI is InChI=1S/C31H31FNO8P.C16H21FNO6P.C16H14O2.C2HF3O/c1-3-15-39-42(37,40-16-4-2)41-29-14-13-21(17-22(29)19-32)18-28(30(34)35)33-31(36)38-20-27-25-11-7-5-9-23(25)24-10-6-8-12-26(24)27;1-3-7-22-25(21,23-8-4-2)24-15-6-5-12(9-13(15)11-17)10-14(18)16(19)20;1-11(17)18-10-16-14-8-4-2-6-12(14)13-7-3-5-9-15(13)16;3-2(4,5)1-6/h3-14,17,27-28H,1-2,15-16,18-20H2,(H,33,36)(H,34,35);3-6,9,14H,1-2,7-8,10-11,18H2,(H,19,20);2-9,16H,10H2,1H3;1H. The SMILES string of the molecule is C=CCOP(=O)(OCC=C)Oc1ccc(CC(N)C(=O)O)cc1CF.C=CCOP(=O)(OCC=C)Oc1ccc(CC(NC(=O)OCC2c3ccccc3-c3ccccc32)C(=O)O)cc1CF.CC(=O)OCC1c2ccccc2-c2ccccc21.O=CC(F)(F)F. The van der Waals surface area contributed by atoms with Crippen molar-refractivity contribution >= 4 is 45.9 Å². The topological polar surface area (TPSA) is 272 Å². The van der Waals surface area contributed by atoms with Crippen LogP contribution in [0.3, 0.4) is 0 Å². The lowest BCUT2D eigenvalue weighted by Gasteiger charge is -2.20. The highest BCUT2D eigenvalue weighted by atomic mass is 31.2. The number of alkyl carbamates (subject to hydrolysis) is 1. The largest absolute Gasteiger partial charge is 0.530 e. The summed E-state index contributed by atoms with van der Waals surface area (Å²) in [4.78, 5) is 55.2. The number of nitrogens with two attached hydrogens (primary N) is 1. The third kappa shape index (κ3) is 22.0. The molecule has 0 aromatic heterocycles. The van der Waals surface area contributed by atoms with Gasteiger partial charge in [0.15, 0.2) is 0 Å². The van der Waals surface area contributed by atoms with Gasteiger partial charge >= 0.3 is 45.8 Å². The highest BCUT2D eigenvalue weighted by Crippen LogP contribution is 2.52. The first-order valence-electron chi connectivity index (χ1n) is 27.6. The highest BCUT2D eigenvalue weighted by Gasteiger charge is 2.34. The van der Waals surface area contributed by atoms with Crippen molar-refractivity contribution in [1.29, 1.82) is 0 Å². The first-order chi connectivity index (χ1) is 43.5. The van der Waals surface area contributed by atoms with Crippen molar-refractivity contribution in [3.05, 3.63) is 229 Å². The maximum Gasteiger partial charge on any atom is 0.530 e. The van der Waals surface area contributed by atoms with Gasteiger partial charge in [-0.2, -0.15) is 13.2 Å². The third-order valence-electron chi connectivity index (χ3n) is 13.1. The normalized spacial score (nSPS) is 12.7. The van der Waals surface area contributed by atoms with E-state index in [2.05, 4.69) is 55.9 Å². The summed E-state index contributed by atoms with van der Waals surface area (Å²) in [6.45, 7) is 13.3. The number of hydrogen-bond acceptors (Lipinski definition) is 16. The van der Waals surface area contributed by atoms with Gasteiger partial charge in [-0.3, -0.25) is 32.5 Å². The lowest BCUT2D eigenvalue weighted by molar-refractivity contribution is -0.156. The fourth-order valence-electron chi connectivity index (χ4n) is 9.10. The molecule has 0 aliphatic heterocycles. The summed E-state index contributed by atoms with van der Waals surface area (Å²) >= 11 is 0. The van der Waals surface area contributed by atoms with Crippen molar-refractivity contribution in [1.82, 2.24) is 5.32 Å². The van der Waals surface area contributed by atoms with Crippen molar-refractivity contribution in [2.45, 2.75) is 63.2 Å². The molecule has 6 aromatic rings. The summed E-state index contributed by atoms with van der Waals surface area (Å²) in [5.41, 5.74) is 15.6. The van der Waals surface area contributed by atoms with E-state index in [0.29, 0.717) is 17.7 Å². The van der Waals surface area contributed by atoms with Crippen LogP contribution in [0.25, 0.3) is 22.3 Å². The van der Waals surface area contributed by atoms with Crippen molar-refractivity contribution in [3.63, 3.8) is 0 Å². The van der Waals surface area contributed by atoms with Crippen LogP contribution in [0.5, 0.6) is 11.5 Å². The van der Waals surface area contributed by atoms with E-state index in [4.69, 9.17) is 52.3 Å². The van der Waals surface area contributed by atoms with Crippen LogP contribution in [0.15, 0.2) is 184 Å². The molecule has 0 spiro atoms. The molecule has 2 unspecified atom stereocenters. The van der Waals surface area contributed by atoms with Crippen molar-refractivity contribution in [2.24, 2.45) is 5.73 Å². The van der Waals surface area contributed by atoms with Crippen LogP contribution >= 0.6 is 15.6 Å². The number of amides is 1. The molecule has 8 rings (SSSR count). The number of hydrogen-bond donors (Lipinski definition) is 4. The number of carbonyl (C=O) groups excluding carboxylic acids is 3. The van der Waals surface area contributed by atoms with E-state index in [0.717, 1.165) is 22.3 Å². The molecule has 2 aliphatic carbocycles. The molecule has 6 aromatic carbocycles. The predicted octanol–water partition coefficient (Wildman–Crippen LogP) is 13.7. The average molecular weight is 1310 g/mol. The van der Waals surface area contributed by atoms with Crippen molar-refractivity contribution < 1.29 is 102 Å². The van der Waals surface area contributed by atoms with E-state index in [-0.39, 0.29) is 86.3 Å². The molecule has 0 saturated heterocycles. The second kappa shape index (κ2) is 35.5. The Hall–Kier alpha value is -8.86. The van der Waals surface area contributed by atoms with Gasteiger partial charge in [0.1, 0.15) is 50.1 Å². The molecule has 484 valence electrons. The quantitative estimate of drug-likeness (QED) is 0.0112. The number of benzene rings is 6. The van der Waals surface area contributed by atoms with Crippen LogP contribution in [0, 0.1) is 0 Å². The summed E-state index contributed by atoms with van der Waals surface area (Å²) in [7, 11) is -8.13. The lowest BCUT2D eigenvalue weighted by Crippen LogP contribution is -2.42. The van der Waals surface area contributed by atoms with E-state index in [1.54, 1.807) is 0 Å². The first kappa shape index (κ1) is 72.9. The summed E-state index contributed by atoms with van der Waals surface area (Å²) in [6, 6.07) is 38.3. The molecule has 0 heterocycles. The zero-order chi connectivity index (χ0) is 66.7. The van der Waals surface area contributed by atoms with Gasteiger partial charge in [0.05, 0.1) is 26.4 Å². The smallest absolute Gasteiger partial charge is 0.480 e. The number of fused-ring (bicyclic) bond motifs is 6. The maximum absolute atomic E-state index is 13.9. The minimum Gasteiger partial charge on any atom is -0.480 e. The number of carboxylic acid groups (broad SMARTS) is 2. The molecule has 0 saturated carbocycles. The lowest BCUT2D eigenvalue weighted by atomic mass is 9.98. The van der Waals surface area contributed by atoms with Gasteiger partial charge in [0.2, 0.25) is 6.29 Å². The summed E-state index contributed by atoms with van der Waals surface area (Å²) < 4.78 is 126. The van der Waals surface area contributed by atoms with Crippen LogP contribution in [0.2, 0.25) is 0 Å². The number of ether oxygens (including phenoxy) is 2. The Morgan fingerprint density at radius 2 is 0.912 bits per heavy atom. The molecule has 0 fully saturated rings. The zero-order valence-electron chi connectivity index (χ0n) is 49.2. The molecule has 26 heteroatoms. The number of alkyl halides is 5. The Morgan fingerprint density at radius 3 is 1.22 bits per heavy atom. The minimum absolute atomic E-state index is 0.0117. The molecule has 19 nitrogen and oxygen atoms in total. The average Bonchev–Trinajstić information content (AvgIpc) is 1.91. The van der Waals surface area contributed by atoms with Gasteiger partial charge in [0, 0.05) is 36.3 Å². The molecule has 0 bridgehead atoms. The molecule has 2 atom stereocenters. The van der Waals surface area contributed by atoms with Crippen LogP contribution in [0.4, 0.5) is 26.7 Å². The summed E-state index contributed by atoms with van der Waals surface area (Å²) in [5.74, 6) is -2.85. The molecule has 0 radical (unpaired) electrons. The second-order valence-corrected chi connectivity index (χ2v) is 22.7. The number of halogens is 5. The molecule has 1 amide bonds. The second-order valence-electron chi connectivity index (χ2n) is 19.5. The number of esters is 1. The number of aliphatic carboxylic acids is 2. The van der Waals surface area contributed by atoms with Crippen LogP contribution in [-0.2, 0) is 82.1 Å². The molecule has 2 aliphatic rings. The maximum atomic E-state index is 13.9. The molecular formula is C65H67F5N2O17P2. The highest BCUT2D eigenvalue weighted by molar-refractivity contribution is 7.49. The Balaban J connectivity index is 0.000000258. The monoisotopic (exact) mass is 1300 g/mol. The number of carboxylic acids is 2. The number of nitrogens with one attached hydrogen (secondary N) is 1. The van der Waals surface area contributed by atoms with E-state index in [1.807, 2.05) is 72.8 Å².